The van der Waals surface area contributed by atoms with Gasteiger partial charge in [-0.1, -0.05) is 54.8 Å². The van der Waals surface area contributed by atoms with Gasteiger partial charge in [0.05, 0.1) is 16.1 Å². The van der Waals surface area contributed by atoms with Gasteiger partial charge in [-0.2, -0.15) is 4.98 Å². The molecule has 0 saturated carbocycles. The fourth-order valence-electron chi connectivity index (χ4n) is 3.90. The lowest BCUT2D eigenvalue weighted by molar-refractivity contribution is 0.363. The first-order chi connectivity index (χ1) is 14.7. The number of rotatable bonds is 3. The molecule has 0 spiro atoms. The molecule has 1 fully saturated rings. The molecule has 13 heteroatoms. The van der Waals surface area contributed by atoms with Crippen molar-refractivity contribution in [2.24, 2.45) is 0 Å². The molecule has 0 bridgehead atoms. The molecule has 1 atom stereocenters. The number of para-hydroxylation sites is 1. The highest BCUT2D eigenvalue weighted by Crippen LogP contribution is 3.02. The molecule has 3 aromatic rings. The van der Waals surface area contributed by atoms with Crippen LogP contribution < -0.4 is 10.6 Å². The Labute approximate surface area is 189 Å². The van der Waals surface area contributed by atoms with Crippen LogP contribution in [0.15, 0.2) is 40.0 Å². The maximum Gasteiger partial charge on any atom is 0.355 e. The Morgan fingerprint density at radius 2 is 1.75 bits per heavy atom. The van der Waals surface area contributed by atoms with Crippen molar-refractivity contribution in [3.05, 3.63) is 51.0 Å². The molecule has 0 amide bonds. The largest absolute Gasteiger partial charge is 0.355 e. The van der Waals surface area contributed by atoms with E-state index in [1.165, 1.54) is 6.07 Å². The SMILES string of the molecule is C[C@H]1CCCCN1c1nc(=O)n(-c2ccccc2S(F)(F)(F)(F)F)c2nc(Cl)c(Cl)cc12. The van der Waals surface area contributed by atoms with Crippen molar-refractivity contribution in [3.63, 3.8) is 0 Å². The van der Waals surface area contributed by atoms with Crippen molar-refractivity contribution in [2.75, 3.05) is 11.4 Å². The van der Waals surface area contributed by atoms with Crippen LogP contribution in [0.5, 0.6) is 0 Å². The predicted octanol–water partition coefficient (Wildman–Crippen LogP) is 7.12. The van der Waals surface area contributed by atoms with Crippen LogP contribution in [0.2, 0.25) is 10.2 Å². The van der Waals surface area contributed by atoms with Gasteiger partial charge in [-0.15, -0.1) is 0 Å². The number of hydrogen-bond acceptors (Lipinski definition) is 4. The van der Waals surface area contributed by atoms with Crippen molar-refractivity contribution in [1.29, 1.82) is 0 Å². The minimum absolute atomic E-state index is 0.0128. The van der Waals surface area contributed by atoms with Crippen LogP contribution in [0.25, 0.3) is 16.7 Å². The zero-order valence-electron chi connectivity index (χ0n) is 16.5. The summed E-state index contributed by atoms with van der Waals surface area (Å²) >= 11 is 12.1. The van der Waals surface area contributed by atoms with Crippen LogP contribution in [0.1, 0.15) is 26.2 Å². The van der Waals surface area contributed by atoms with E-state index in [1.54, 1.807) is 0 Å². The molecule has 3 heterocycles. The van der Waals surface area contributed by atoms with E-state index < -0.39 is 26.5 Å². The minimum atomic E-state index is -10.2. The molecule has 2 aromatic heterocycles. The summed E-state index contributed by atoms with van der Waals surface area (Å²) in [4.78, 5) is 20.6. The lowest BCUT2D eigenvalue weighted by Crippen LogP contribution is -2.40. The van der Waals surface area contributed by atoms with E-state index in [0.717, 1.165) is 37.5 Å². The molecule has 5 nitrogen and oxygen atoms in total. The first-order valence-corrected chi connectivity index (χ1v) is 12.3. The maximum atomic E-state index is 13.8. The Balaban J connectivity index is 2.11. The fraction of sp³-hybridized carbons (Fsp3) is 0.316. The van der Waals surface area contributed by atoms with Crippen molar-refractivity contribution in [1.82, 2.24) is 14.5 Å². The number of piperidine rings is 1. The van der Waals surface area contributed by atoms with Gasteiger partial charge in [-0.05, 0) is 44.4 Å². The number of hydrogen-bond donors (Lipinski definition) is 0. The average Bonchev–Trinajstić information content (AvgIpc) is 2.68. The van der Waals surface area contributed by atoms with Crippen LogP contribution in [0.4, 0.5) is 25.2 Å². The maximum absolute atomic E-state index is 13.8. The Bertz CT molecular complexity index is 1300. The highest BCUT2D eigenvalue weighted by molar-refractivity contribution is 8.45. The van der Waals surface area contributed by atoms with Gasteiger partial charge in [0.2, 0.25) is 0 Å². The molecular formula is C19H17Cl2F5N4OS. The Morgan fingerprint density at radius 1 is 1.06 bits per heavy atom. The normalized spacial score (nSPS) is 19.6. The van der Waals surface area contributed by atoms with Crippen LogP contribution >= 0.6 is 33.4 Å². The van der Waals surface area contributed by atoms with E-state index in [9.17, 15) is 24.2 Å². The highest BCUT2D eigenvalue weighted by atomic mass is 35.5. The number of aromatic nitrogens is 3. The number of pyridine rings is 1. The summed E-state index contributed by atoms with van der Waals surface area (Å²) < 4.78 is 69.3. The Morgan fingerprint density at radius 3 is 2.41 bits per heavy atom. The first-order valence-electron chi connectivity index (χ1n) is 9.56. The van der Waals surface area contributed by atoms with E-state index in [-0.39, 0.29) is 39.1 Å². The minimum Gasteiger partial charge on any atom is -0.353 e. The van der Waals surface area contributed by atoms with Gasteiger partial charge in [0.1, 0.15) is 15.9 Å². The Kier molecular flexibility index (Phi) is 5.00. The lowest BCUT2D eigenvalue weighted by atomic mass is 10.0. The van der Waals surface area contributed by atoms with Crippen LogP contribution in [0, 0.1) is 0 Å². The fourth-order valence-corrected chi connectivity index (χ4v) is 5.08. The van der Waals surface area contributed by atoms with Gasteiger partial charge in [0, 0.05) is 12.6 Å². The van der Waals surface area contributed by atoms with Crippen molar-refractivity contribution >= 4 is 50.3 Å². The van der Waals surface area contributed by atoms with E-state index in [2.05, 4.69) is 9.97 Å². The standard InChI is InChI=1S/C19H17Cl2F5N4OS/c1-11-6-4-5-9-29(11)17-12-10-13(20)16(21)27-18(12)30(19(31)28-17)14-7-2-3-8-15(14)32(22,23,24,25)26/h2-3,7-8,10-11H,4-6,9H2,1H3/t11-/m0/s1. The first kappa shape index (κ1) is 23.1. The molecule has 1 aromatic carbocycles. The van der Waals surface area contributed by atoms with Gasteiger partial charge in [0.25, 0.3) is 0 Å². The van der Waals surface area contributed by atoms with Gasteiger partial charge in [-0.25, -0.2) is 14.3 Å². The van der Waals surface area contributed by atoms with Crippen molar-refractivity contribution < 1.29 is 19.4 Å². The molecule has 1 saturated heterocycles. The molecule has 174 valence electrons. The lowest BCUT2D eigenvalue weighted by Gasteiger charge is -2.41. The van der Waals surface area contributed by atoms with Crippen molar-refractivity contribution in [3.8, 4) is 5.69 Å². The van der Waals surface area contributed by atoms with E-state index >= 15 is 0 Å². The second kappa shape index (κ2) is 6.94. The average molecular weight is 515 g/mol. The molecule has 4 rings (SSSR count). The Hall–Kier alpha value is -2.11. The number of benzene rings is 1. The van der Waals surface area contributed by atoms with E-state index in [4.69, 9.17) is 23.2 Å². The smallest absolute Gasteiger partial charge is 0.353 e. The number of anilines is 1. The summed E-state index contributed by atoms with van der Waals surface area (Å²) in [5.41, 5.74) is -2.62. The quantitative estimate of drug-likeness (QED) is 0.275. The summed E-state index contributed by atoms with van der Waals surface area (Å²) in [6.07, 6.45) is 2.60. The zero-order valence-corrected chi connectivity index (χ0v) is 18.9. The third-order valence-corrected chi connectivity index (χ3v) is 7.20. The topological polar surface area (TPSA) is 51.0 Å². The predicted molar refractivity (Wildman–Crippen MR) is 117 cm³/mol. The second-order valence-corrected chi connectivity index (χ2v) is 10.8. The van der Waals surface area contributed by atoms with Crippen LogP contribution in [-0.2, 0) is 0 Å². The monoisotopic (exact) mass is 514 g/mol. The van der Waals surface area contributed by atoms with Gasteiger partial charge < -0.3 is 4.90 Å². The molecule has 0 unspecified atom stereocenters. The van der Waals surface area contributed by atoms with Gasteiger partial charge in [-0.3, -0.25) is 0 Å². The molecule has 0 aliphatic carbocycles. The summed E-state index contributed by atoms with van der Waals surface area (Å²) in [5, 5.41) is -0.177. The third kappa shape index (κ3) is 4.13. The van der Waals surface area contributed by atoms with Crippen molar-refractivity contribution in [2.45, 2.75) is 37.1 Å². The van der Waals surface area contributed by atoms with Crippen LogP contribution in [-0.4, -0.2) is 27.1 Å². The molecular weight excluding hydrogens is 498 g/mol. The summed E-state index contributed by atoms with van der Waals surface area (Å²) in [6, 6.07) is 4.24. The number of nitrogens with zero attached hydrogens (tertiary/aromatic N) is 4. The highest BCUT2D eigenvalue weighted by Gasteiger charge is 2.66. The van der Waals surface area contributed by atoms with Gasteiger partial charge in [0.15, 0.2) is 5.65 Å². The molecule has 1 aliphatic rings. The molecule has 0 N–H and O–H groups in total. The molecule has 1 aliphatic heterocycles. The number of fused-ring (bicyclic) bond motifs is 1. The van der Waals surface area contributed by atoms with Crippen LogP contribution in [0.3, 0.4) is 0 Å². The summed E-state index contributed by atoms with van der Waals surface area (Å²) in [5.74, 6) is 0.171. The summed E-state index contributed by atoms with van der Waals surface area (Å²) in [7, 11) is -10.2. The number of halogens is 7. The second-order valence-electron chi connectivity index (χ2n) is 7.66. The van der Waals surface area contributed by atoms with E-state index in [0.29, 0.717) is 11.1 Å². The zero-order chi connectivity index (χ0) is 23.5. The summed E-state index contributed by atoms with van der Waals surface area (Å²) in [6.45, 7) is 2.47. The molecule has 0 radical (unpaired) electrons. The molecule has 32 heavy (non-hydrogen) atoms. The third-order valence-electron chi connectivity index (χ3n) is 5.36. The van der Waals surface area contributed by atoms with Gasteiger partial charge >= 0.3 is 15.9 Å². The van der Waals surface area contributed by atoms with E-state index in [1.807, 2.05) is 11.8 Å².